The molecule has 0 atom stereocenters. The quantitative estimate of drug-likeness (QED) is 0.324. The minimum absolute atomic E-state index is 0.0916. The van der Waals surface area contributed by atoms with Crippen molar-refractivity contribution < 1.29 is 23.8 Å². The van der Waals surface area contributed by atoms with Crippen LogP contribution in [0.3, 0.4) is 0 Å². The Morgan fingerprint density at radius 2 is 1.74 bits per heavy atom. The van der Waals surface area contributed by atoms with E-state index in [1.165, 1.54) is 11.8 Å². The number of carbonyl (C=O) groups is 2. The fourth-order valence-electron chi connectivity index (χ4n) is 3.22. The van der Waals surface area contributed by atoms with Crippen LogP contribution in [0.15, 0.2) is 71.8 Å². The van der Waals surface area contributed by atoms with E-state index in [0.717, 1.165) is 11.1 Å². The molecule has 0 saturated carbocycles. The Bertz CT molecular complexity index is 1180. The first-order chi connectivity index (χ1) is 17.0. The molecule has 8 heteroatoms. The predicted molar refractivity (Wildman–Crippen MR) is 134 cm³/mol. The number of nitrogens with one attached hydrogen (secondary N) is 2. The van der Waals surface area contributed by atoms with E-state index in [1.807, 2.05) is 31.2 Å². The molecule has 0 bridgehead atoms. The van der Waals surface area contributed by atoms with Gasteiger partial charge >= 0.3 is 0 Å². The van der Waals surface area contributed by atoms with Crippen molar-refractivity contribution in [3.8, 4) is 17.2 Å². The van der Waals surface area contributed by atoms with Gasteiger partial charge in [-0.25, -0.2) is 5.43 Å². The summed E-state index contributed by atoms with van der Waals surface area (Å²) in [5.74, 6) is 1.26. The zero-order valence-corrected chi connectivity index (χ0v) is 20.0. The number of amides is 2. The maximum Gasteiger partial charge on any atom is 0.251 e. The number of nitrogens with zero attached hydrogens (tertiary/aromatic N) is 1. The van der Waals surface area contributed by atoms with Gasteiger partial charge in [-0.15, -0.1) is 0 Å². The average Bonchev–Trinajstić information content (AvgIpc) is 2.87. The third kappa shape index (κ3) is 7.89. The van der Waals surface area contributed by atoms with Gasteiger partial charge in [0.1, 0.15) is 12.4 Å². The molecule has 0 aliphatic rings. The molecule has 2 N–H and O–H groups in total. The topological polar surface area (TPSA) is 98.2 Å². The van der Waals surface area contributed by atoms with Crippen LogP contribution in [0.25, 0.3) is 0 Å². The molecule has 3 rings (SSSR count). The molecule has 0 aliphatic heterocycles. The van der Waals surface area contributed by atoms with Crippen LogP contribution in [-0.4, -0.2) is 38.8 Å². The highest BCUT2D eigenvalue weighted by Crippen LogP contribution is 2.28. The molecule has 0 spiro atoms. The van der Waals surface area contributed by atoms with Gasteiger partial charge in [0.2, 0.25) is 5.91 Å². The molecule has 0 heterocycles. The maximum atomic E-state index is 12.1. The first kappa shape index (κ1) is 25.3. The number of carbonyl (C=O) groups excluding carboxylic acids is 2. The highest BCUT2D eigenvalue weighted by atomic mass is 16.5. The third-order valence-electron chi connectivity index (χ3n) is 5.06. The lowest BCUT2D eigenvalue weighted by atomic mass is 10.1. The largest absolute Gasteiger partial charge is 0.497 e. The Balaban J connectivity index is 1.44. The van der Waals surface area contributed by atoms with E-state index >= 15 is 0 Å². The van der Waals surface area contributed by atoms with Crippen LogP contribution in [0.4, 0.5) is 0 Å². The van der Waals surface area contributed by atoms with Crippen molar-refractivity contribution in [1.29, 1.82) is 0 Å². The van der Waals surface area contributed by atoms with Gasteiger partial charge in [-0.1, -0.05) is 29.8 Å². The molecule has 3 aromatic rings. The smallest absolute Gasteiger partial charge is 0.251 e. The summed E-state index contributed by atoms with van der Waals surface area (Å²) in [6.45, 7) is 2.65. The van der Waals surface area contributed by atoms with E-state index < -0.39 is 0 Å². The summed E-state index contributed by atoms with van der Waals surface area (Å²) < 4.78 is 16.4. The standard InChI is InChI=1S/C27H29N3O5/c1-19-5-4-6-21(15-19)18-35-24-12-7-20(16-25(24)34-3)17-29-30-26(31)13-14-28-27(32)22-8-10-23(33-2)11-9-22/h4-12,15-17H,13-14,18H2,1-3H3,(H,28,32)(H,30,31). The molecule has 182 valence electrons. The van der Waals surface area contributed by atoms with Crippen molar-refractivity contribution in [3.05, 3.63) is 89.0 Å². The van der Waals surface area contributed by atoms with E-state index in [4.69, 9.17) is 14.2 Å². The minimum Gasteiger partial charge on any atom is -0.497 e. The minimum atomic E-state index is -0.318. The summed E-state index contributed by atoms with van der Waals surface area (Å²) in [5, 5.41) is 6.68. The van der Waals surface area contributed by atoms with Crippen LogP contribution >= 0.6 is 0 Å². The Morgan fingerprint density at radius 1 is 0.943 bits per heavy atom. The van der Waals surface area contributed by atoms with Crippen LogP contribution < -0.4 is 25.0 Å². The Kier molecular flexibility index (Phi) is 9.24. The second-order valence-electron chi connectivity index (χ2n) is 7.72. The number of rotatable bonds is 11. The normalized spacial score (nSPS) is 10.6. The van der Waals surface area contributed by atoms with Gasteiger partial charge in [0.15, 0.2) is 11.5 Å². The van der Waals surface area contributed by atoms with Crippen LogP contribution in [0.2, 0.25) is 0 Å². The van der Waals surface area contributed by atoms with E-state index in [9.17, 15) is 9.59 Å². The lowest BCUT2D eigenvalue weighted by Crippen LogP contribution is -2.29. The number of ether oxygens (including phenoxy) is 3. The molecule has 0 unspecified atom stereocenters. The number of hydrogen-bond donors (Lipinski definition) is 2. The van der Waals surface area contributed by atoms with Gasteiger partial charge in [-0.2, -0.15) is 5.10 Å². The first-order valence-corrected chi connectivity index (χ1v) is 11.1. The summed E-state index contributed by atoms with van der Waals surface area (Å²) in [6, 6.07) is 20.2. The average molecular weight is 476 g/mol. The second-order valence-corrected chi connectivity index (χ2v) is 7.72. The molecule has 0 fully saturated rings. The van der Waals surface area contributed by atoms with E-state index in [-0.39, 0.29) is 24.8 Å². The van der Waals surface area contributed by atoms with Gasteiger partial charge in [-0.05, 0) is 60.5 Å². The molecule has 2 amide bonds. The van der Waals surface area contributed by atoms with Crippen molar-refractivity contribution in [2.75, 3.05) is 20.8 Å². The molecule has 0 aliphatic carbocycles. The first-order valence-electron chi connectivity index (χ1n) is 11.1. The molecule has 0 radical (unpaired) electrons. The number of methoxy groups -OCH3 is 2. The predicted octanol–water partition coefficient (Wildman–Crippen LogP) is 3.86. The zero-order chi connectivity index (χ0) is 25.0. The summed E-state index contributed by atoms with van der Waals surface area (Å²) in [4.78, 5) is 24.1. The lowest BCUT2D eigenvalue weighted by molar-refractivity contribution is -0.120. The van der Waals surface area contributed by atoms with Gasteiger partial charge in [-0.3, -0.25) is 9.59 Å². The van der Waals surface area contributed by atoms with Crippen LogP contribution in [-0.2, 0) is 11.4 Å². The van der Waals surface area contributed by atoms with Gasteiger partial charge in [0, 0.05) is 18.5 Å². The fourth-order valence-corrected chi connectivity index (χ4v) is 3.22. The number of hydrazone groups is 1. The van der Waals surface area contributed by atoms with Gasteiger partial charge < -0.3 is 19.5 Å². The summed E-state index contributed by atoms with van der Waals surface area (Å²) in [6.07, 6.45) is 1.61. The number of benzene rings is 3. The van der Waals surface area contributed by atoms with Gasteiger partial charge in [0.25, 0.3) is 5.91 Å². The Labute approximate surface area is 204 Å². The molecule has 0 aromatic heterocycles. The molecule has 8 nitrogen and oxygen atoms in total. The summed E-state index contributed by atoms with van der Waals surface area (Å²) in [7, 11) is 3.13. The Morgan fingerprint density at radius 3 is 2.46 bits per heavy atom. The van der Waals surface area contributed by atoms with Crippen molar-refractivity contribution in [2.45, 2.75) is 20.0 Å². The molecule has 3 aromatic carbocycles. The van der Waals surface area contributed by atoms with Crippen molar-refractivity contribution in [1.82, 2.24) is 10.7 Å². The fraction of sp³-hybridized carbons (Fsp3) is 0.222. The molecular formula is C27H29N3O5. The zero-order valence-electron chi connectivity index (χ0n) is 20.0. The highest BCUT2D eigenvalue weighted by Gasteiger charge is 2.08. The van der Waals surface area contributed by atoms with Crippen LogP contribution in [0, 0.1) is 6.92 Å². The van der Waals surface area contributed by atoms with E-state index in [2.05, 4.69) is 21.9 Å². The lowest BCUT2D eigenvalue weighted by Gasteiger charge is -2.11. The molecule has 0 saturated heterocycles. The van der Waals surface area contributed by atoms with Crippen molar-refractivity contribution in [2.24, 2.45) is 5.10 Å². The van der Waals surface area contributed by atoms with Gasteiger partial charge in [0.05, 0.1) is 20.4 Å². The third-order valence-corrected chi connectivity index (χ3v) is 5.06. The monoisotopic (exact) mass is 475 g/mol. The Hall–Kier alpha value is -4.33. The maximum absolute atomic E-state index is 12.1. The SMILES string of the molecule is COc1ccc(C(=O)NCCC(=O)NN=Cc2ccc(OCc3cccc(C)c3)c(OC)c2)cc1. The second kappa shape index (κ2) is 12.8. The summed E-state index contributed by atoms with van der Waals surface area (Å²) >= 11 is 0. The van der Waals surface area contributed by atoms with Crippen LogP contribution in [0.1, 0.15) is 33.5 Å². The summed E-state index contributed by atoms with van der Waals surface area (Å²) in [5.41, 5.74) is 5.92. The van der Waals surface area contributed by atoms with Crippen molar-refractivity contribution in [3.63, 3.8) is 0 Å². The molecular weight excluding hydrogens is 446 g/mol. The van der Waals surface area contributed by atoms with Crippen molar-refractivity contribution >= 4 is 18.0 Å². The van der Waals surface area contributed by atoms with E-state index in [0.29, 0.717) is 29.4 Å². The highest BCUT2D eigenvalue weighted by molar-refractivity contribution is 5.94. The molecule has 35 heavy (non-hydrogen) atoms. The number of hydrogen-bond acceptors (Lipinski definition) is 6. The van der Waals surface area contributed by atoms with E-state index in [1.54, 1.807) is 50.6 Å². The van der Waals surface area contributed by atoms with Crippen LogP contribution in [0.5, 0.6) is 17.2 Å². The number of aryl methyl sites for hydroxylation is 1.